The van der Waals surface area contributed by atoms with E-state index >= 15 is 0 Å². The summed E-state index contributed by atoms with van der Waals surface area (Å²) in [5.41, 5.74) is 6.70. The molecular formula is C39H25N4O2Pt-3. The molecule has 6 nitrogen and oxygen atoms in total. The summed E-state index contributed by atoms with van der Waals surface area (Å²) < 4.78 is 14.7. The summed E-state index contributed by atoms with van der Waals surface area (Å²) in [4.78, 5) is 9.00. The zero-order chi connectivity index (χ0) is 29.9. The first-order valence-corrected chi connectivity index (χ1v) is 14.8. The monoisotopic (exact) mass is 776 g/mol. The molecule has 1 aliphatic rings. The molecule has 7 heteroatoms. The molecule has 0 aliphatic carbocycles. The van der Waals surface area contributed by atoms with Crippen LogP contribution in [0.25, 0.3) is 49.6 Å². The Hall–Kier alpha value is -5.32. The number of nitrogens with zero attached hydrogens (tertiary/aromatic N) is 4. The van der Waals surface area contributed by atoms with Crippen LogP contribution in [0.3, 0.4) is 0 Å². The third-order valence-electron chi connectivity index (χ3n) is 8.22. The molecule has 0 saturated carbocycles. The minimum Gasteiger partial charge on any atom is -0.509 e. The van der Waals surface area contributed by atoms with Crippen molar-refractivity contribution in [2.24, 2.45) is 0 Å². The van der Waals surface area contributed by atoms with Crippen LogP contribution in [0.4, 0.5) is 11.4 Å². The second kappa shape index (κ2) is 11.2. The first-order valence-electron chi connectivity index (χ1n) is 14.8. The maximum absolute atomic E-state index is 6.36. The number of fused-ring (bicyclic) bond motifs is 6. The second-order valence-corrected chi connectivity index (χ2v) is 11.1. The Kier molecular flexibility index (Phi) is 6.88. The van der Waals surface area contributed by atoms with Gasteiger partial charge in [-0.1, -0.05) is 53.5 Å². The molecule has 0 bridgehead atoms. The quantitative estimate of drug-likeness (QED) is 0.163. The Morgan fingerprint density at radius 1 is 0.696 bits per heavy atom. The van der Waals surface area contributed by atoms with Crippen molar-refractivity contribution in [1.29, 1.82) is 0 Å². The van der Waals surface area contributed by atoms with Crippen LogP contribution in [0.1, 0.15) is 5.56 Å². The fourth-order valence-electron chi connectivity index (χ4n) is 6.08. The first-order chi connectivity index (χ1) is 22.2. The van der Waals surface area contributed by atoms with Crippen molar-refractivity contribution in [1.82, 2.24) is 9.55 Å². The number of aromatic nitrogens is 2. The number of benzene rings is 5. The molecule has 4 heterocycles. The Morgan fingerprint density at radius 2 is 1.52 bits per heavy atom. The van der Waals surface area contributed by atoms with Crippen molar-refractivity contribution in [3.8, 4) is 17.3 Å². The van der Waals surface area contributed by atoms with Crippen molar-refractivity contribution < 1.29 is 30.2 Å². The minimum atomic E-state index is 0. The number of rotatable bonds is 5. The Bertz CT molecular complexity index is 2430. The minimum absolute atomic E-state index is 0. The van der Waals surface area contributed by atoms with Crippen molar-refractivity contribution in [2.45, 2.75) is 6.92 Å². The number of anilines is 2. The SMILES string of the molecule is Cc1ccc2oc3cc(-n4c5[c-]c(Oc6[c-]c(N7C=CN(c8ccccc8)[CH-]7)ccc6)ccc5c5ccccc54)ncc3c2c1.[Pt]. The molecule has 0 N–H and O–H groups in total. The van der Waals surface area contributed by atoms with E-state index in [0.717, 1.165) is 60.9 Å². The zero-order valence-electron chi connectivity index (χ0n) is 24.6. The molecule has 0 saturated heterocycles. The number of para-hydroxylation sites is 2. The largest absolute Gasteiger partial charge is 0.509 e. The van der Waals surface area contributed by atoms with E-state index in [4.69, 9.17) is 14.1 Å². The third-order valence-corrected chi connectivity index (χ3v) is 8.22. The van der Waals surface area contributed by atoms with E-state index in [9.17, 15) is 0 Å². The van der Waals surface area contributed by atoms with E-state index < -0.39 is 0 Å². The molecule has 226 valence electrons. The van der Waals surface area contributed by atoms with Crippen LogP contribution < -0.4 is 14.5 Å². The topological polar surface area (TPSA) is 46.7 Å². The molecule has 1 aliphatic heterocycles. The molecule has 8 aromatic rings. The Balaban J connectivity index is 0.00000312. The maximum atomic E-state index is 6.36. The maximum Gasteiger partial charge on any atom is 0.140 e. The van der Waals surface area contributed by atoms with E-state index in [1.54, 1.807) is 0 Å². The normalized spacial score (nSPS) is 12.9. The molecule has 0 spiro atoms. The van der Waals surface area contributed by atoms with Crippen molar-refractivity contribution in [3.05, 3.63) is 152 Å². The molecule has 5 aromatic carbocycles. The van der Waals surface area contributed by atoms with Gasteiger partial charge in [0, 0.05) is 66.8 Å². The molecule has 0 radical (unpaired) electrons. The van der Waals surface area contributed by atoms with Crippen molar-refractivity contribution in [2.75, 3.05) is 9.80 Å². The number of ether oxygens (including phenoxy) is 1. The van der Waals surface area contributed by atoms with Gasteiger partial charge in [0.2, 0.25) is 0 Å². The summed E-state index contributed by atoms with van der Waals surface area (Å²) in [7, 11) is 0. The van der Waals surface area contributed by atoms with Gasteiger partial charge in [0.25, 0.3) is 0 Å². The Morgan fingerprint density at radius 3 is 2.43 bits per heavy atom. The Labute approximate surface area is 280 Å². The van der Waals surface area contributed by atoms with Crippen LogP contribution in [0.2, 0.25) is 0 Å². The van der Waals surface area contributed by atoms with Gasteiger partial charge in [-0.25, -0.2) is 4.98 Å². The molecule has 0 unspecified atom stereocenters. The molecule has 9 rings (SSSR count). The van der Waals surface area contributed by atoms with E-state index in [1.807, 2.05) is 90.8 Å². The van der Waals surface area contributed by atoms with Gasteiger partial charge in [-0.05, 0) is 55.0 Å². The van der Waals surface area contributed by atoms with Crippen molar-refractivity contribution >= 4 is 55.1 Å². The van der Waals surface area contributed by atoms with Crippen LogP contribution in [0.5, 0.6) is 11.5 Å². The number of hydrogen-bond acceptors (Lipinski definition) is 5. The van der Waals surface area contributed by atoms with Gasteiger partial charge in [-0.2, -0.15) is 12.1 Å². The van der Waals surface area contributed by atoms with Crippen molar-refractivity contribution in [3.63, 3.8) is 0 Å². The summed E-state index contributed by atoms with van der Waals surface area (Å²) in [5, 5.41) is 4.25. The first kappa shape index (κ1) is 28.2. The zero-order valence-corrected chi connectivity index (χ0v) is 26.9. The van der Waals surface area contributed by atoms with Crippen LogP contribution in [-0.4, -0.2) is 9.55 Å². The smallest absolute Gasteiger partial charge is 0.140 e. The van der Waals surface area contributed by atoms with E-state index in [1.165, 1.54) is 5.56 Å². The van der Waals surface area contributed by atoms with Gasteiger partial charge in [0.1, 0.15) is 17.0 Å². The summed E-state index contributed by atoms with van der Waals surface area (Å²) in [6.45, 7) is 4.11. The molecule has 46 heavy (non-hydrogen) atoms. The number of aryl methyl sites for hydroxylation is 1. The summed E-state index contributed by atoms with van der Waals surface area (Å²) in [5.74, 6) is 1.95. The van der Waals surface area contributed by atoms with E-state index in [0.29, 0.717) is 11.5 Å². The molecular weight excluding hydrogens is 752 g/mol. The van der Waals surface area contributed by atoms with Gasteiger partial charge in [0.05, 0.1) is 0 Å². The predicted octanol–water partition coefficient (Wildman–Crippen LogP) is 9.69. The average Bonchev–Trinajstić information content (AvgIpc) is 3.79. The van der Waals surface area contributed by atoms with Crippen LogP contribution in [0, 0.1) is 25.7 Å². The number of hydrogen-bond donors (Lipinski definition) is 0. The summed E-state index contributed by atoms with van der Waals surface area (Å²) >= 11 is 0. The average molecular weight is 777 g/mol. The van der Waals surface area contributed by atoms with Crippen LogP contribution >= 0.6 is 0 Å². The molecule has 0 atom stereocenters. The number of furan rings is 1. The van der Waals surface area contributed by atoms with Gasteiger partial charge in [0.15, 0.2) is 0 Å². The molecule has 0 amide bonds. The van der Waals surface area contributed by atoms with Gasteiger partial charge >= 0.3 is 0 Å². The fourth-order valence-corrected chi connectivity index (χ4v) is 6.08. The van der Waals surface area contributed by atoms with Gasteiger partial charge in [-0.3, -0.25) is 0 Å². The fraction of sp³-hybridized carbons (Fsp3) is 0.0256. The second-order valence-electron chi connectivity index (χ2n) is 11.1. The van der Waals surface area contributed by atoms with Crippen LogP contribution in [-0.2, 0) is 21.1 Å². The molecule has 0 fully saturated rings. The van der Waals surface area contributed by atoms with Gasteiger partial charge in [-0.15, -0.1) is 48.1 Å². The molecule has 3 aromatic heterocycles. The standard InChI is InChI=1S/C39H25N4O2.Pt/c1-26-14-17-37-33(20-26)34-24-40-39(23-38(34)45-37)43-35-13-6-5-12-31(35)32-16-15-30(22-36(32)43)44-29-11-7-10-28(21-29)42-19-18-41(25-42)27-8-3-2-4-9-27;/h2-20,23-25H,1H3;/q-3;. The summed E-state index contributed by atoms with van der Waals surface area (Å²) in [6.07, 6.45) is 5.93. The van der Waals surface area contributed by atoms with Crippen LogP contribution in [0.15, 0.2) is 132 Å². The van der Waals surface area contributed by atoms with Gasteiger partial charge < -0.3 is 23.5 Å². The van der Waals surface area contributed by atoms with E-state index in [2.05, 4.69) is 77.1 Å². The predicted molar refractivity (Wildman–Crippen MR) is 180 cm³/mol. The van der Waals surface area contributed by atoms with E-state index in [-0.39, 0.29) is 21.1 Å². The summed E-state index contributed by atoms with van der Waals surface area (Å²) in [6, 6.07) is 43.6. The third kappa shape index (κ3) is 4.74. The number of pyridine rings is 1.